The molecular weight excluding hydrogens is 411 g/mol. The SMILES string of the molecule is COC(=O)/C=C\C(=O)Oc1cc(C(=O)O)cc(C(=O)OI)c1. The van der Waals surface area contributed by atoms with Gasteiger partial charge < -0.3 is 17.6 Å². The molecule has 0 radical (unpaired) electrons. The van der Waals surface area contributed by atoms with Crippen LogP contribution in [0.15, 0.2) is 30.4 Å². The van der Waals surface area contributed by atoms with Gasteiger partial charge in [-0.05, 0) is 18.2 Å². The van der Waals surface area contributed by atoms with E-state index in [1.807, 2.05) is 0 Å². The Bertz CT molecular complexity index is 649. The van der Waals surface area contributed by atoms with Crippen molar-refractivity contribution in [1.82, 2.24) is 0 Å². The third kappa shape index (κ3) is 5.16. The Morgan fingerprint density at radius 3 is 2.18 bits per heavy atom. The molecule has 0 aromatic heterocycles. The Morgan fingerprint density at radius 2 is 1.64 bits per heavy atom. The molecule has 0 heterocycles. The van der Waals surface area contributed by atoms with E-state index >= 15 is 0 Å². The first kappa shape index (κ1) is 17.6. The lowest BCUT2D eigenvalue weighted by molar-refractivity contribution is -0.135. The number of aromatic carboxylic acids is 1. The molecule has 22 heavy (non-hydrogen) atoms. The van der Waals surface area contributed by atoms with Gasteiger partial charge in [0.1, 0.15) is 5.75 Å². The Balaban J connectivity index is 3.03. The number of ether oxygens (including phenoxy) is 2. The zero-order valence-corrected chi connectivity index (χ0v) is 13.2. The van der Waals surface area contributed by atoms with E-state index in [-0.39, 0.29) is 16.9 Å². The van der Waals surface area contributed by atoms with Crippen molar-refractivity contribution in [2.75, 3.05) is 7.11 Å². The molecule has 0 spiro atoms. The summed E-state index contributed by atoms with van der Waals surface area (Å²) in [5, 5.41) is 8.96. The second-order valence-electron chi connectivity index (χ2n) is 3.69. The van der Waals surface area contributed by atoms with Gasteiger partial charge in [-0.15, -0.1) is 0 Å². The highest BCUT2D eigenvalue weighted by molar-refractivity contribution is 14.1. The van der Waals surface area contributed by atoms with E-state index in [1.54, 1.807) is 0 Å². The predicted octanol–water partition coefficient (Wildman–Crippen LogP) is 1.53. The van der Waals surface area contributed by atoms with Gasteiger partial charge in [-0.3, -0.25) is 0 Å². The number of hydrogen-bond acceptors (Lipinski definition) is 7. The van der Waals surface area contributed by atoms with Crippen LogP contribution in [0.4, 0.5) is 0 Å². The summed E-state index contributed by atoms with van der Waals surface area (Å²) in [6.07, 6.45) is 1.64. The number of carboxylic acids is 1. The lowest BCUT2D eigenvalue weighted by Crippen LogP contribution is -2.09. The summed E-state index contributed by atoms with van der Waals surface area (Å²) in [6, 6.07) is 3.26. The van der Waals surface area contributed by atoms with Gasteiger partial charge in [0.25, 0.3) is 0 Å². The minimum atomic E-state index is -1.31. The Morgan fingerprint density at radius 1 is 1.05 bits per heavy atom. The second kappa shape index (κ2) is 8.12. The number of esters is 2. The topological polar surface area (TPSA) is 116 Å². The van der Waals surface area contributed by atoms with Crippen LogP contribution in [0.2, 0.25) is 0 Å². The number of carbonyl (C=O) groups excluding carboxylic acids is 3. The molecule has 0 bridgehead atoms. The molecule has 0 atom stereocenters. The highest BCUT2D eigenvalue weighted by atomic mass is 127. The van der Waals surface area contributed by atoms with Crippen molar-refractivity contribution < 1.29 is 36.8 Å². The van der Waals surface area contributed by atoms with Gasteiger partial charge in [0.15, 0.2) is 23.0 Å². The van der Waals surface area contributed by atoms with E-state index in [0.717, 1.165) is 37.5 Å². The predicted molar refractivity (Wildman–Crippen MR) is 79.6 cm³/mol. The summed E-state index contributed by atoms with van der Waals surface area (Å²) in [6.45, 7) is 0. The lowest BCUT2D eigenvalue weighted by atomic mass is 10.1. The molecular formula is C13H9IO8. The van der Waals surface area contributed by atoms with Crippen molar-refractivity contribution in [3.05, 3.63) is 41.5 Å². The van der Waals surface area contributed by atoms with Crippen LogP contribution < -0.4 is 4.74 Å². The summed E-state index contributed by atoms with van der Waals surface area (Å²) >= 11 is 1.34. The van der Waals surface area contributed by atoms with Gasteiger partial charge >= 0.3 is 23.9 Å². The van der Waals surface area contributed by atoms with Crippen LogP contribution in [0.1, 0.15) is 20.7 Å². The van der Waals surface area contributed by atoms with E-state index in [2.05, 4.69) is 7.80 Å². The number of halogens is 1. The Labute approximate surface area is 138 Å². The summed E-state index contributed by atoms with van der Waals surface area (Å²) in [5.74, 6) is -4.00. The summed E-state index contributed by atoms with van der Waals surface area (Å²) in [5.41, 5.74) is -0.368. The fourth-order valence-electron chi connectivity index (χ4n) is 1.30. The van der Waals surface area contributed by atoms with E-state index in [0.29, 0.717) is 0 Å². The monoisotopic (exact) mass is 420 g/mol. The van der Waals surface area contributed by atoms with E-state index < -0.39 is 23.9 Å². The first-order valence-electron chi connectivity index (χ1n) is 5.56. The maximum absolute atomic E-state index is 11.5. The minimum absolute atomic E-state index is 0.103. The minimum Gasteiger partial charge on any atom is -0.478 e. The molecule has 8 nitrogen and oxygen atoms in total. The highest BCUT2D eigenvalue weighted by Crippen LogP contribution is 2.19. The Hall–Kier alpha value is -2.43. The fraction of sp³-hybridized carbons (Fsp3) is 0.0769. The van der Waals surface area contributed by atoms with Crippen LogP contribution in [0.25, 0.3) is 0 Å². The van der Waals surface area contributed by atoms with Gasteiger partial charge in [-0.1, -0.05) is 0 Å². The van der Waals surface area contributed by atoms with E-state index in [4.69, 9.17) is 9.84 Å². The van der Waals surface area contributed by atoms with E-state index in [9.17, 15) is 19.2 Å². The second-order valence-corrected chi connectivity index (χ2v) is 4.13. The quantitative estimate of drug-likeness (QED) is 0.330. The first-order valence-corrected chi connectivity index (χ1v) is 6.44. The highest BCUT2D eigenvalue weighted by Gasteiger charge is 2.15. The van der Waals surface area contributed by atoms with Gasteiger partial charge in [0.05, 0.1) is 18.2 Å². The third-order valence-corrected chi connectivity index (χ3v) is 2.63. The van der Waals surface area contributed by atoms with Crippen LogP contribution >= 0.6 is 23.0 Å². The van der Waals surface area contributed by atoms with Gasteiger partial charge in [0, 0.05) is 12.2 Å². The molecule has 0 aliphatic heterocycles. The number of hydrogen-bond donors (Lipinski definition) is 1. The number of rotatable bonds is 5. The maximum Gasteiger partial charge on any atom is 0.347 e. The van der Waals surface area contributed by atoms with Crippen LogP contribution in [-0.2, 0) is 17.4 Å². The normalized spacial score (nSPS) is 10.1. The molecule has 0 aliphatic rings. The molecule has 116 valence electrons. The average molecular weight is 420 g/mol. The molecule has 1 N–H and O–H groups in total. The Kier molecular flexibility index (Phi) is 6.50. The first-order chi connectivity index (χ1) is 10.4. The van der Waals surface area contributed by atoms with E-state index in [1.165, 1.54) is 23.0 Å². The van der Waals surface area contributed by atoms with Crippen molar-refractivity contribution in [2.24, 2.45) is 0 Å². The summed E-state index contributed by atoms with van der Waals surface area (Å²) in [4.78, 5) is 44.7. The van der Waals surface area contributed by atoms with Gasteiger partial charge in [-0.2, -0.15) is 0 Å². The maximum atomic E-state index is 11.5. The molecule has 0 amide bonds. The molecule has 0 saturated carbocycles. The smallest absolute Gasteiger partial charge is 0.347 e. The summed E-state index contributed by atoms with van der Waals surface area (Å²) < 4.78 is 13.6. The average Bonchev–Trinajstić information content (AvgIpc) is 2.51. The molecule has 0 aliphatic carbocycles. The fourth-order valence-corrected chi connectivity index (χ4v) is 1.55. The third-order valence-electron chi connectivity index (χ3n) is 2.23. The number of carbonyl (C=O) groups is 4. The summed E-state index contributed by atoms with van der Waals surface area (Å²) in [7, 11) is 1.14. The van der Waals surface area contributed by atoms with Crippen LogP contribution in [-0.4, -0.2) is 36.1 Å². The van der Waals surface area contributed by atoms with Crippen LogP contribution in [0.5, 0.6) is 5.75 Å². The largest absolute Gasteiger partial charge is 0.478 e. The van der Waals surface area contributed by atoms with Crippen molar-refractivity contribution in [2.45, 2.75) is 0 Å². The molecule has 0 saturated heterocycles. The number of benzene rings is 1. The molecule has 0 fully saturated rings. The van der Waals surface area contributed by atoms with Crippen molar-refractivity contribution in [3.8, 4) is 5.75 Å². The van der Waals surface area contributed by atoms with Crippen molar-refractivity contribution >= 4 is 46.9 Å². The molecule has 9 heteroatoms. The molecule has 1 aromatic rings. The van der Waals surface area contributed by atoms with Crippen LogP contribution in [0.3, 0.4) is 0 Å². The lowest BCUT2D eigenvalue weighted by Gasteiger charge is -2.05. The molecule has 1 aromatic carbocycles. The standard InChI is InChI=1S/C13H9IO8/c1-20-10(15)2-3-11(16)21-9-5-7(12(17)18)4-8(6-9)13(19)22-14/h2-6H,1H3,(H,17,18)/b3-2-. The molecule has 0 unspecified atom stereocenters. The number of carboxylic acid groups (broad SMARTS) is 1. The van der Waals surface area contributed by atoms with Crippen molar-refractivity contribution in [1.29, 1.82) is 0 Å². The van der Waals surface area contributed by atoms with Crippen LogP contribution in [0, 0.1) is 0 Å². The van der Waals surface area contributed by atoms with Crippen molar-refractivity contribution in [3.63, 3.8) is 0 Å². The number of methoxy groups -OCH3 is 1. The van der Waals surface area contributed by atoms with Gasteiger partial charge in [0.2, 0.25) is 0 Å². The van der Waals surface area contributed by atoms with Gasteiger partial charge in [-0.25, -0.2) is 19.2 Å². The molecule has 1 rings (SSSR count). The zero-order valence-electron chi connectivity index (χ0n) is 11.1. The zero-order chi connectivity index (χ0) is 16.7.